The van der Waals surface area contributed by atoms with Crippen molar-refractivity contribution in [3.63, 3.8) is 0 Å². The van der Waals surface area contributed by atoms with Gasteiger partial charge in [-0.3, -0.25) is 4.90 Å². The van der Waals surface area contributed by atoms with E-state index in [1.807, 2.05) is 30.3 Å². The molecule has 4 heterocycles. The van der Waals surface area contributed by atoms with Crippen molar-refractivity contribution in [2.75, 3.05) is 48.5 Å². The number of nitrogens with zero attached hydrogens (tertiary/aromatic N) is 2. The molecule has 2 N–H and O–H groups in total. The highest BCUT2D eigenvalue weighted by atomic mass is 127. The van der Waals surface area contributed by atoms with Crippen LogP contribution in [0.15, 0.2) is 54.6 Å². The lowest BCUT2D eigenvalue weighted by molar-refractivity contribution is -0.923. The number of hydrogen-bond donors (Lipinski definition) is 2. The first kappa shape index (κ1) is 31.0. The van der Waals surface area contributed by atoms with Crippen LogP contribution in [0, 0.1) is 3.57 Å². The summed E-state index contributed by atoms with van der Waals surface area (Å²) in [6.45, 7) is 1.83. The number of likely N-dealkylation sites (N-methyl/N-ethyl adjacent to an activating group) is 2. The minimum Gasteiger partial charge on any atom is -0.504 e. The number of methoxy groups -OCH3 is 2. The molecule has 0 fully saturated rings. The van der Waals surface area contributed by atoms with Crippen molar-refractivity contribution in [1.82, 2.24) is 4.90 Å². The highest BCUT2D eigenvalue weighted by Gasteiger charge is 2.41. The first-order valence-corrected chi connectivity index (χ1v) is 16.8. The largest absolute Gasteiger partial charge is 0.504 e. The van der Waals surface area contributed by atoms with Gasteiger partial charge in [0.15, 0.2) is 34.5 Å². The Hall–Kier alpha value is -3.67. The lowest BCUT2D eigenvalue weighted by Crippen LogP contribution is -2.48. The Balaban J connectivity index is 1.45. The second-order valence-corrected chi connectivity index (χ2v) is 14.4. The maximum atomic E-state index is 11.5. The Morgan fingerprint density at radius 1 is 0.826 bits per heavy atom. The van der Waals surface area contributed by atoms with Crippen molar-refractivity contribution in [3.8, 4) is 46.0 Å². The van der Waals surface area contributed by atoms with Gasteiger partial charge in [0, 0.05) is 25.4 Å². The average molecular weight is 736 g/mol. The molecule has 0 radical (unpaired) electrons. The average Bonchev–Trinajstić information content (AvgIpc) is 3.03. The van der Waals surface area contributed by atoms with Crippen LogP contribution >= 0.6 is 22.6 Å². The molecule has 4 aromatic carbocycles. The third-order valence-corrected chi connectivity index (χ3v) is 10.9. The number of halogens is 1. The summed E-state index contributed by atoms with van der Waals surface area (Å²) < 4.78 is 26.0. The molecule has 4 aliphatic heterocycles. The molecule has 6 bridgehead atoms. The molecule has 0 spiro atoms. The number of benzene rings is 4. The zero-order valence-electron chi connectivity index (χ0n) is 26.9. The number of aromatic hydroxyl groups is 2. The normalized spacial score (nSPS) is 20.0. The number of fused-ring (bicyclic) bond motifs is 2. The molecule has 9 heteroatoms. The summed E-state index contributed by atoms with van der Waals surface area (Å²) in [7, 11) is 9.82. The number of phenols is 2. The van der Waals surface area contributed by atoms with E-state index >= 15 is 0 Å². The summed E-state index contributed by atoms with van der Waals surface area (Å²) in [5, 5.41) is 22.8. The van der Waals surface area contributed by atoms with Crippen LogP contribution in [-0.4, -0.2) is 68.0 Å². The molecule has 0 unspecified atom stereocenters. The van der Waals surface area contributed by atoms with Crippen LogP contribution in [0.2, 0.25) is 0 Å². The Labute approximate surface area is 283 Å². The summed E-state index contributed by atoms with van der Waals surface area (Å²) in [6, 6.07) is 18.3. The number of rotatable bonds is 2. The predicted octanol–water partition coefficient (Wildman–Crippen LogP) is 7.31. The fourth-order valence-electron chi connectivity index (χ4n) is 7.32. The molecule has 0 aliphatic carbocycles. The summed E-state index contributed by atoms with van der Waals surface area (Å²) in [4.78, 5) is 2.38. The second-order valence-electron chi connectivity index (χ2n) is 13.2. The number of ether oxygens (including phenoxy) is 4. The lowest BCUT2D eigenvalue weighted by atomic mass is 9.86. The topological polar surface area (TPSA) is 80.6 Å². The maximum absolute atomic E-state index is 11.5. The number of quaternary nitrogens is 1. The van der Waals surface area contributed by atoms with Crippen LogP contribution in [0.4, 0.5) is 0 Å². The van der Waals surface area contributed by atoms with Crippen molar-refractivity contribution >= 4 is 22.6 Å². The van der Waals surface area contributed by atoms with Gasteiger partial charge in [-0.15, -0.1) is 0 Å². The molecular weight excluding hydrogens is 695 g/mol. The zero-order chi connectivity index (χ0) is 32.3. The second kappa shape index (κ2) is 11.8. The number of phenolic OH excluding ortho intramolecular Hbond substituents is 2. The van der Waals surface area contributed by atoms with Crippen LogP contribution in [0.3, 0.4) is 0 Å². The molecule has 0 saturated carbocycles. The maximum Gasteiger partial charge on any atom is 0.201 e. The Morgan fingerprint density at radius 3 is 2.30 bits per heavy atom. The summed E-state index contributed by atoms with van der Waals surface area (Å²) in [5.41, 5.74) is 6.67. The third kappa shape index (κ3) is 5.42. The molecule has 0 aromatic heterocycles. The van der Waals surface area contributed by atoms with Gasteiger partial charge < -0.3 is 33.6 Å². The SMILES string of the molecule is COc1cc2c3cc1Oc1cc(cc(I)c1O)C[C@@H]1c4c(cc(OC)c(O)c4Oc4ccc(cc4)C[C@@H]3N(C)CC2)CC[N+]1(C)C. The van der Waals surface area contributed by atoms with E-state index in [1.165, 1.54) is 16.7 Å². The van der Waals surface area contributed by atoms with Crippen molar-refractivity contribution < 1.29 is 33.6 Å². The molecule has 46 heavy (non-hydrogen) atoms. The van der Waals surface area contributed by atoms with Gasteiger partial charge in [0.25, 0.3) is 0 Å². The summed E-state index contributed by atoms with van der Waals surface area (Å²) >= 11 is 2.17. The minimum absolute atomic E-state index is 0.00196. The molecule has 4 aromatic rings. The summed E-state index contributed by atoms with van der Waals surface area (Å²) in [5.74, 6) is 3.18. The van der Waals surface area contributed by atoms with E-state index in [0.717, 1.165) is 49.0 Å². The molecule has 0 saturated heterocycles. The molecular formula is C37H40IN2O6+. The molecule has 4 aliphatic rings. The smallest absolute Gasteiger partial charge is 0.201 e. The molecule has 8 nitrogen and oxygen atoms in total. The highest BCUT2D eigenvalue weighted by molar-refractivity contribution is 14.1. The van der Waals surface area contributed by atoms with Crippen LogP contribution < -0.4 is 18.9 Å². The Kier molecular flexibility index (Phi) is 7.97. The van der Waals surface area contributed by atoms with Crippen molar-refractivity contribution in [2.24, 2.45) is 0 Å². The van der Waals surface area contributed by atoms with E-state index in [9.17, 15) is 10.2 Å². The van der Waals surface area contributed by atoms with Gasteiger partial charge in [0.2, 0.25) is 5.75 Å². The minimum atomic E-state index is -0.0588. The first-order valence-electron chi connectivity index (χ1n) is 15.7. The van der Waals surface area contributed by atoms with Gasteiger partial charge in [-0.1, -0.05) is 12.1 Å². The van der Waals surface area contributed by atoms with Gasteiger partial charge in [0.1, 0.15) is 11.8 Å². The van der Waals surface area contributed by atoms with Gasteiger partial charge in [-0.05, 0) is 113 Å². The monoisotopic (exact) mass is 735 g/mol. The summed E-state index contributed by atoms with van der Waals surface area (Å²) in [6.07, 6.45) is 3.15. The van der Waals surface area contributed by atoms with Gasteiger partial charge in [-0.25, -0.2) is 0 Å². The third-order valence-electron chi connectivity index (χ3n) is 10.1. The van der Waals surface area contributed by atoms with E-state index in [-0.39, 0.29) is 23.6 Å². The van der Waals surface area contributed by atoms with E-state index in [1.54, 1.807) is 14.2 Å². The molecule has 0 amide bonds. The van der Waals surface area contributed by atoms with E-state index in [2.05, 4.69) is 72.9 Å². The van der Waals surface area contributed by atoms with Gasteiger partial charge in [-0.2, -0.15) is 0 Å². The lowest BCUT2D eigenvalue weighted by Gasteiger charge is -2.43. The fraction of sp³-hybridized carbons (Fsp3) is 0.351. The Bertz CT molecular complexity index is 1820. The van der Waals surface area contributed by atoms with Crippen LogP contribution in [0.25, 0.3) is 0 Å². The van der Waals surface area contributed by atoms with E-state index in [4.69, 9.17) is 18.9 Å². The quantitative estimate of drug-likeness (QED) is 0.165. The van der Waals surface area contributed by atoms with Gasteiger partial charge >= 0.3 is 0 Å². The van der Waals surface area contributed by atoms with Gasteiger partial charge in [0.05, 0.1) is 44.0 Å². The van der Waals surface area contributed by atoms with E-state index < -0.39 is 0 Å². The van der Waals surface area contributed by atoms with Crippen molar-refractivity contribution in [2.45, 2.75) is 37.8 Å². The molecule has 2 atom stereocenters. The number of hydrogen-bond acceptors (Lipinski definition) is 7. The standard InChI is InChI=1S/C37H39IN2O6/c1-39-12-10-23-18-30(43-4)31-20-26(23)28(39)15-21-6-8-25(9-7-21)45-37-34-24(19-32(44-5)36(37)42)11-13-40(2,3)29(34)16-22-14-27(38)35(41)33(17-22)46-31/h6-9,14,17-20,28-29H,10-13,15-16H2,1-5H3,(H-,41,42)/p+1/t28-,29+/m0/s1. The van der Waals surface area contributed by atoms with Crippen LogP contribution in [0.1, 0.15) is 45.5 Å². The molecule has 240 valence electrons. The van der Waals surface area contributed by atoms with E-state index in [0.29, 0.717) is 49.0 Å². The fourth-order valence-corrected chi connectivity index (χ4v) is 7.99. The molecule has 8 rings (SSSR count). The van der Waals surface area contributed by atoms with Crippen molar-refractivity contribution in [1.29, 1.82) is 0 Å². The van der Waals surface area contributed by atoms with Crippen LogP contribution in [-0.2, 0) is 25.7 Å². The Morgan fingerprint density at radius 2 is 1.57 bits per heavy atom. The van der Waals surface area contributed by atoms with Crippen LogP contribution in [0.5, 0.6) is 46.0 Å². The highest BCUT2D eigenvalue weighted by Crippen LogP contribution is 2.51. The zero-order valence-corrected chi connectivity index (χ0v) is 29.1. The first-order chi connectivity index (χ1) is 22.1. The van der Waals surface area contributed by atoms with Crippen molar-refractivity contribution in [3.05, 3.63) is 91.5 Å². The predicted molar refractivity (Wildman–Crippen MR) is 185 cm³/mol.